The van der Waals surface area contributed by atoms with Crippen LogP contribution in [0.3, 0.4) is 0 Å². The Hall–Kier alpha value is -4.10. The molecule has 0 saturated heterocycles. The summed E-state index contributed by atoms with van der Waals surface area (Å²) in [5.41, 5.74) is 1.65. The normalized spacial score (nSPS) is 11.2. The van der Waals surface area contributed by atoms with E-state index in [1.54, 1.807) is 42.9 Å². The van der Waals surface area contributed by atoms with Crippen LogP contribution in [0, 0.1) is 0 Å². The van der Waals surface area contributed by atoms with Crippen LogP contribution in [0.2, 0.25) is 5.02 Å². The molecule has 3 aromatic heterocycles. The summed E-state index contributed by atoms with van der Waals surface area (Å²) in [5, 5.41) is 11.8. The molecule has 0 bridgehead atoms. The van der Waals surface area contributed by atoms with Gasteiger partial charge in [0.05, 0.1) is 17.3 Å². The number of ether oxygens (including phenoxy) is 1. The average Bonchev–Trinajstić information content (AvgIpc) is 3.25. The fourth-order valence-corrected chi connectivity index (χ4v) is 3.97. The van der Waals surface area contributed by atoms with Gasteiger partial charge >= 0.3 is 0 Å². The van der Waals surface area contributed by atoms with Gasteiger partial charge in [0.25, 0.3) is 0 Å². The molecule has 0 unspecified atom stereocenters. The molecule has 7 nitrogen and oxygen atoms in total. The number of rotatable bonds is 6. The number of aryl methyl sites for hydroxylation is 1. The van der Waals surface area contributed by atoms with Gasteiger partial charge in [-0.3, -0.25) is 14.6 Å². The topological polar surface area (TPSA) is 108 Å². The number of halogens is 1. The molecule has 33 heavy (non-hydrogen) atoms. The van der Waals surface area contributed by atoms with E-state index in [1.165, 1.54) is 6.07 Å². The number of nitrogens with zero attached hydrogens (tertiary/aromatic N) is 1. The number of hydrogen-bond acceptors (Lipinski definition) is 5. The monoisotopic (exact) mass is 459 g/mol. The molecule has 164 valence electrons. The number of pyridine rings is 2. The molecule has 0 aliphatic carbocycles. The summed E-state index contributed by atoms with van der Waals surface area (Å²) in [5.74, 6) is 0.730. The Morgan fingerprint density at radius 1 is 1.06 bits per heavy atom. The number of nitrogens with one attached hydrogen (secondary N) is 2. The number of H-pyrrole nitrogens is 2. The molecule has 3 heterocycles. The zero-order valence-corrected chi connectivity index (χ0v) is 18.0. The van der Waals surface area contributed by atoms with Crippen LogP contribution in [0.5, 0.6) is 17.2 Å². The van der Waals surface area contributed by atoms with Crippen molar-refractivity contribution in [1.82, 2.24) is 15.0 Å². The van der Waals surface area contributed by atoms with E-state index in [4.69, 9.17) is 16.3 Å². The molecule has 3 N–H and O–H groups in total. The molecule has 0 fully saturated rings. The van der Waals surface area contributed by atoms with E-state index in [-0.39, 0.29) is 18.6 Å². The van der Waals surface area contributed by atoms with E-state index in [2.05, 4.69) is 15.0 Å². The summed E-state index contributed by atoms with van der Waals surface area (Å²) in [6, 6.07) is 13.9. The van der Waals surface area contributed by atoms with Gasteiger partial charge in [-0.15, -0.1) is 0 Å². The first-order valence-electron chi connectivity index (χ1n) is 10.3. The fraction of sp³-hybridized carbons (Fsp3) is 0.0800. The average molecular weight is 460 g/mol. The van der Waals surface area contributed by atoms with Crippen molar-refractivity contribution in [2.45, 2.75) is 12.8 Å². The lowest BCUT2D eigenvalue weighted by Crippen LogP contribution is -2.09. The van der Waals surface area contributed by atoms with Crippen LogP contribution in [0.15, 0.2) is 71.9 Å². The van der Waals surface area contributed by atoms with Crippen molar-refractivity contribution in [3.63, 3.8) is 0 Å². The Labute approximate surface area is 192 Å². The van der Waals surface area contributed by atoms with E-state index in [9.17, 15) is 14.7 Å². The molecule has 0 atom stereocenters. The maximum absolute atomic E-state index is 12.9. The minimum atomic E-state index is -0.512. The first-order valence-corrected chi connectivity index (χ1v) is 10.6. The largest absolute Gasteiger partial charge is 0.503 e. The Bertz CT molecular complexity index is 1560. The van der Waals surface area contributed by atoms with Crippen molar-refractivity contribution in [1.29, 1.82) is 0 Å². The molecule has 0 spiro atoms. The minimum absolute atomic E-state index is 0.112. The quantitative estimate of drug-likeness (QED) is 0.296. The summed E-state index contributed by atoms with van der Waals surface area (Å²) in [6.07, 6.45) is 5.25. The summed E-state index contributed by atoms with van der Waals surface area (Å²) >= 11 is 5.95. The number of carbonyl (C=O) groups is 1. The number of aromatic hydroxyl groups is 1. The number of ketones is 1. The highest BCUT2D eigenvalue weighted by Gasteiger charge is 2.16. The predicted molar refractivity (Wildman–Crippen MR) is 127 cm³/mol. The third kappa shape index (κ3) is 4.06. The van der Waals surface area contributed by atoms with Gasteiger partial charge in [0.2, 0.25) is 5.43 Å². The molecule has 5 rings (SSSR count). The highest BCUT2D eigenvalue weighted by molar-refractivity contribution is 6.31. The molecule has 0 saturated carbocycles. The van der Waals surface area contributed by atoms with E-state index in [0.29, 0.717) is 38.7 Å². The van der Waals surface area contributed by atoms with E-state index >= 15 is 0 Å². The van der Waals surface area contributed by atoms with Crippen molar-refractivity contribution in [3.8, 4) is 17.2 Å². The van der Waals surface area contributed by atoms with Gasteiger partial charge in [0.15, 0.2) is 11.5 Å². The number of benzene rings is 2. The molecule has 2 aromatic carbocycles. The van der Waals surface area contributed by atoms with Crippen molar-refractivity contribution < 1.29 is 14.6 Å². The minimum Gasteiger partial charge on any atom is -0.503 e. The van der Waals surface area contributed by atoms with Gasteiger partial charge in [-0.2, -0.15) is 0 Å². The Morgan fingerprint density at radius 3 is 2.76 bits per heavy atom. The van der Waals surface area contributed by atoms with Gasteiger partial charge in [0, 0.05) is 51.9 Å². The van der Waals surface area contributed by atoms with Gasteiger partial charge in [-0.1, -0.05) is 11.6 Å². The van der Waals surface area contributed by atoms with Crippen LogP contribution >= 0.6 is 11.6 Å². The SMILES string of the molecule is O=C(CCc1[nH]c2ccc(Cl)cc2c(=O)c1O)c1c[nH]c2cc(Oc3cccnc3)ccc12. The maximum Gasteiger partial charge on any atom is 0.231 e. The Morgan fingerprint density at radius 2 is 1.94 bits per heavy atom. The molecular formula is C25H18ClN3O4. The molecule has 0 radical (unpaired) electrons. The van der Waals surface area contributed by atoms with Gasteiger partial charge < -0.3 is 19.8 Å². The first-order chi connectivity index (χ1) is 16.0. The van der Waals surface area contributed by atoms with Gasteiger partial charge in [-0.05, 0) is 48.9 Å². The molecular weight excluding hydrogens is 442 g/mol. The van der Waals surface area contributed by atoms with Crippen molar-refractivity contribution >= 4 is 39.2 Å². The lowest BCUT2D eigenvalue weighted by Gasteiger charge is -2.07. The van der Waals surface area contributed by atoms with Gasteiger partial charge in [0.1, 0.15) is 11.5 Å². The van der Waals surface area contributed by atoms with Crippen LogP contribution in [0.4, 0.5) is 0 Å². The lowest BCUT2D eigenvalue weighted by molar-refractivity contribution is 0.0984. The summed E-state index contributed by atoms with van der Waals surface area (Å²) in [7, 11) is 0. The number of hydrogen-bond donors (Lipinski definition) is 3. The second-order valence-electron chi connectivity index (χ2n) is 7.59. The second kappa shape index (κ2) is 8.44. The molecule has 8 heteroatoms. The zero-order valence-electron chi connectivity index (χ0n) is 17.3. The molecule has 0 aliphatic rings. The highest BCUT2D eigenvalue weighted by Crippen LogP contribution is 2.28. The van der Waals surface area contributed by atoms with Crippen LogP contribution in [-0.2, 0) is 6.42 Å². The van der Waals surface area contributed by atoms with Crippen molar-refractivity contribution in [3.05, 3.63) is 93.6 Å². The Kier molecular flexibility index (Phi) is 5.32. The number of carbonyl (C=O) groups excluding carboxylic acids is 1. The first kappa shape index (κ1) is 20.8. The Balaban J connectivity index is 1.36. The molecule has 0 aliphatic heterocycles. The number of aromatic amines is 2. The smallest absolute Gasteiger partial charge is 0.231 e. The van der Waals surface area contributed by atoms with Crippen LogP contribution in [0.1, 0.15) is 22.5 Å². The van der Waals surface area contributed by atoms with Crippen LogP contribution < -0.4 is 10.2 Å². The summed E-state index contributed by atoms with van der Waals surface area (Å²) < 4.78 is 5.79. The standard InChI is InChI=1S/C25H18ClN3O4/c26-14-3-6-20-18(10-14)24(31)25(32)21(29-20)7-8-23(30)19-13-28-22-11-15(4-5-17(19)22)33-16-2-1-9-27-12-16/h1-6,9-13,28,32H,7-8H2,(H,29,31). The molecule has 5 aromatic rings. The summed E-state index contributed by atoms with van der Waals surface area (Å²) in [6.45, 7) is 0. The molecule has 0 amide bonds. The second-order valence-corrected chi connectivity index (χ2v) is 8.03. The van der Waals surface area contributed by atoms with Crippen LogP contribution in [-0.4, -0.2) is 25.8 Å². The van der Waals surface area contributed by atoms with Crippen LogP contribution in [0.25, 0.3) is 21.8 Å². The zero-order chi connectivity index (χ0) is 22.9. The van der Waals surface area contributed by atoms with Crippen molar-refractivity contribution in [2.75, 3.05) is 0 Å². The third-order valence-electron chi connectivity index (χ3n) is 5.44. The predicted octanol–water partition coefficient (Wildman–Crippen LogP) is 5.37. The number of aromatic nitrogens is 3. The maximum atomic E-state index is 12.9. The van der Waals surface area contributed by atoms with E-state index < -0.39 is 11.2 Å². The highest BCUT2D eigenvalue weighted by atomic mass is 35.5. The lowest BCUT2D eigenvalue weighted by atomic mass is 10.0. The van der Waals surface area contributed by atoms with Crippen molar-refractivity contribution in [2.24, 2.45) is 0 Å². The number of fused-ring (bicyclic) bond motifs is 2. The summed E-state index contributed by atoms with van der Waals surface area (Å²) in [4.78, 5) is 35.6. The number of Topliss-reactive ketones (excluding diaryl/α,β-unsaturated/α-hetero) is 1. The van der Waals surface area contributed by atoms with Gasteiger partial charge in [-0.25, -0.2) is 0 Å². The fourth-order valence-electron chi connectivity index (χ4n) is 3.80. The third-order valence-corrected chi connectivity index (χ3v) is 5.67. The van der Waals surface area contributed by atoms with E-state index in [0.717, 1.165) is 10.9 Å². The van der Waals surface area contributed by atoms with E-state index in [1.807, 2.05) is 18.2 Å².